The summed E-state index contributed by atoms with van der Waals surface area (Å²) in [5.41, 5.74) is 2.16. The molecule has 2 amide bonds. The molecule has 3 N–H and O–H groups in total. The molecular weight excluding hydrogens is 266 g/mol. The Kier molecular flexibility index (Phi) is 4.63. The Morgan fingerprint density at radius 1 is 1.19 bits per heavy atom. The molecule has 5 heteroatoms. The van der Waals surface area contributed by atoms with Crippen molar-refractivity contribution in [3.05, 3.63) is 23.8 Å². The fourth-order valence-electron chi connectivity index (χ4n) is 2.56. The molecule has 1 saturated heterocycles. The molecule has 1 fully saturated rings. The zero-order chi connectivity index (χ0) is 15.5. The Bertz CT molecular complexity index is 548. The molecule has 0 unspecified atom stereocenters. The summed E-state index contributed by atoms with van der Waals surface area (Å²) in [7, 11) is 0. The first-order valence-electron chi connectivity index (χ1n) is 7.31. The van der Waals surface area contributed by atoms with Gasteiger partial charge in [-0.2, -0.15) is 0 Å². The van der Waals surface area contributed by atoms with E-state index in [4.69, 9.17) is 0 Å². The third kappa shape index (κ3) is 3.82. The van der Waals surface area contributed by atoms with Crippen LogP contribution in [-0.2, 0) is 9.59 Å². The van der Waals surface area contributed by atoms with Gasteiger partial charge in [0.2, 0.25) is 11.8 Å². The lowest BCUT2D eigenvalue weighted by atomic mass is 9.80. The lowest BCUT2D eigenvalue weighted by molar-refractivity contribution is -0.126. The van der Waals surface area contributed by atoms with Gasteiger partial charge in [-0.05, 0) is 56.6 Å². The predicted octanol–water partition coefficient (Wildman–Crippen LogP) is 2.28. The minimum atomic E-state index is -0.310. The van der Waals surface area contributed by atoms with Crippen molar-refractivity contribution >= 4 is 23.2 Å². The number of piperidine rings is 1. The number of amides is 2. The van der Waals surface area contributed by atoms with E-state index >= 15 is 0 Å². The summed E-state index contributed by atoms with van der Waals surface area (Å²) in [5.74, 6) is -0.0345. The van der Waals surface area contributed by atoms with E-state index in [1.807, 2.05) is 32.0 Å². The molecule has 1 aliphatic heterocycles. The minimum absolute atomic E-state index is 0.0654. The molecule has 0 aliphatic carbocycles. The quantitative estimate of drug-likeness (QED) is 0.799. The Hall–Kier alpha value is -1.88. The second-order valence-electron chi connectivity index (χ2n) is 5.98. The Labute approximate surface area is 125 Å². The normalized spacial score (nSPS) is 17.1. The van der Waals surface area contributed by atoms with E-state index < -0.39 is 0 Å². The van der Waals surface area contributed by atoms with E-state index in [0.717, 1.165) is 42.9 Å². The molecule has 1 aromatic rings. The third-order valence-corrected chi connectivity index (χ3v) is 4.05. The fourth-order valence-corrected chi connectivity index (χ4v) is 2.56. The number of anilines is 2. The number of hydrogen-bond acceptors (Lipinski definition) is 3. The zero-order valence-corrected chi connectivity index (χ0v) is 12.9. The average Bonchev–Trinajstić information content (AvgIpc) is 2.42. The van der Waals surface area contributed by atoms with Crippen LogP contribution in [0.2, 0.25) is 0 Å². The second kappa shape index (κ2) is 6.26. The van der Waals surface area contributed by atoms with E-state index in [-0.39, 0.29) is 17.2 Å². The largest absolute Gasteiger partial charge is 0.326 e. The number of carbonyl (C=O) groups is 2. The van der Waals surface area contributed by atoms with E-state index in [1.54, 1.807) is 0 Å². The summed E-state index contributed by atoms with van der Waals surface area (Å²) in [6.45, 7) is 7.16. The number of nitrogens with one attached hydrogen (secondary N) is 3. The maximum atomic E-state index is 12.5. The number of rotatable bonds is 3. The van der Waals surface area contributed by atoms with Gasteiger partial charge in [-0.3, -0.25) is 9.59 Å². The van der Waals surface area contributed by atoms with Crippen LogP contribution in [0.15, 0.2) is 18.2 Å². The molecule has 1 aromatic carbocycles. The molecule has 21 heavy (non-hydrogen) atoms. The highest BCUT2D eigenvalue weighted by atomic mass is 16.2. The van der Waals surface area contributed by atoms with Gasteiger partial charge in [0.15, 0.2) is 0 Å². The molecule has 0 saturated carbocycles. The third-order valence-electron chi connectivity index (χ3n) is 4.05. The minimum Gasteiger partial charge on any atom is -0.326 e. The van der Waals surface area contributed by atoms with Gasteiger partial charge in [0.1, 0.15) is 0 Å². The highest BCUT2D eigenvalue weighted by Crippen LogP contribution is 2.30. The van der Waals surface area contributed by atoms with E-state index in [0.29, 0.717) is 0 Å². The number of carbonyl (C=O) groups excluding carboxylic acids is 2. The molecule has 0 atom stereocenters. The van der Waals surface area contributed by atoms with Crippen LogP contribution in [0, 0.1) is 12.3 Å². The van der Waals surface area contributed by atoms with Crippen LogP contribution in [-0.4, -0.2) is 24.9 Å². The van der Waals surface area contributed by atoms with Crippen LogP contribution in [0.3, 0.4) is 0 Å². The first-order chi connectivity index (χ1) is 9.90. The Morgan fingerprint density at radius 3 is 2.43 bits per heavy atom. The molecule has 5 nitrogen and oxygen atoms in total. The van der Waals surface area contributed by atoms with Gasteiger partial charge in [0, 0.05) is 23.7 Å². The van der Waals surface area contributed by atoms with Crippen LogP contribution in [0.5, 0.6) is 0 Å². The fraction of sp³-hybridized carbons (Fsp3) is 0.500. The second-order valence-corrected chi connectivity index (χ2v) is 5.98. The van der Waals surface area contributed by atoms with Gasteiger partial charge < -0.3 is 16.0 Å². The molecule has 0 spiro atoms. The Balaban J connectivity index is 2.07. The monoisotopic (exact) mass is 289 g/mol. The van der Waals surface area contributed by atoms with Crippen molar-refractivity contribution in [1.29, 1.82) is 0 Å². The zero-order valence-electron chi connectivity index (χ0n) is 12.9. The number of benzene rings is 1. The molecule has 0 radical (unpaired) electrons. The van der Waals surface area contributed by atoms with Crippen molar-refractivity contribution in [1.82, 2.24) is 5.32 Å². The van der Waals surface area contributed by atoms with Gasteiger partial charge in [0.25, 0.3) is 0 Å². The molecular formula is C16H23N3O2. The van der Waals surface area contributed by atoms with Crippen molar-refractivity contribution in [2.45, 2.75) is 33.6 Å². The van der Waals surface area contributed by atoms with E-state index in [9.17, 15) is 9.59 Å². The van der Waals surface area contributed by atoms with Gasteiger partial charge >= 0.3 is 0 Å². The van der Waals surface area contributed by atoms with Gasteiger partial charge in [-0.1, -0.05) is 6.92 Å². The van der Waals surface area contributed by atoms with Gasteiger partial charge in [-0.25, -0.2) is 0 Å². The van der Waals surface area contributed by atoms with E-state index in [1.165, 1.54) is 6.92 Å². The summed E-state index contributed by atoms with van der Waals surface area (Å²) in [4.78, 5) is 23.5. The van der Waals surface area contributed by atoms with E-state index in [2.05, 4.69) is 16.0 Å². The molecule has 114 valence electrons. The van der Waals surface area contributed by atoms with Crippen molar-refractivity contribution in [2.75, 3.05) is 23.7 Å². The summed E-state index contributed by atoms with van der Waals surface area (Å²) in [5, 5.41) is 9.03. The average molecular weight is 289 g/mol. The van der Waals surface area contributed by atoms with Crippen molar-refractivity contribution in [2.24, 2.45) is 5.41 Å². The SMILES string of the molecule is CC(=O)Nc1ccc(NC(=O)C2(C)CCNCC2)cc1C. The van der Waals surface area contributed by atoms with Gasteiger partial charge in [0.05, 0.1) is 0 Å². The van der Waals surface area contributed by atoms with Crippen LogP contribution in [0.1, 0.15) is 32.3 Å². The van der Waals surface area contributed by atoms with Crippen molar-refractivity contribution in [3.8, 4) is 0 Å². The molecule has 0 aromatic heterocycles. The molecule has 2 rings (SSSR count). The smallest absolute Gasteiger partial charge is 0.230 e. The van der Waals surface area contributed by atoms with Crippen LogP contribution in [0.4, 0.5) is 11.4 Å². The summed E-state index contributed by atoms with van der Waals surface area (Å²) < 4.78 is 0. The maximum absolute atomic E-state index is 12.5. The topological polar surface area (TPSA) is 70.2 Å². The van der Waals surface area contributed by atoms with Crippen LogP contribution in [0.25, 0.3) is 0 Å². The summed E-state index contributed by atoms with van der Waals surface area (Å²) in [6.07, 6.45) is 1.70. The van der Waals surface area contributed by atoms with Crippen molar-refractivity contribution < 1.29 is 9.59 Å². The summed E-state index contributed by atoms with van der Waals surface area (Å²) >= 11 is 0. The molecule has 0 bridgehead atoms. The lowest BCUT2D eigenvalue weighted by Crippen LogP contribution is -2.42. The first kappa shape index (κ1) is 15.5. The summed E-state index contributed by atoms with van der Waals surface area (Å²) in [6, 6.07) is 5.52. The van der Waals surface area contributed by atoms with Gasteiger partial charge in [-0.15, -0.1) is 0 Å². The predicted molar refractivity (Wildman–Crippen MR) is 84.3 cm³/mol. The standard InChI is InChI=1S/C16H23N3O2/c1-11-10-13(4-5-14(11)18-12(2)20)19-15(21)16(3)6-8-17-9-7-16/h4-5,10,17H,6-9H2,1-3H3,(H,18,20)(H,19,21). The van der Waals surface area contributed by atoms with Crippen LogP contribution < -0.4 is 16.0 Å². The first-order valence-corrected chi connectivity index (χ1v) is 7.31. The molecule has 1 aliphatic rings. The van der Waals surface area contributed by atoms with Crippen LogP contribution >= 0.6 is 0 Å². The Morgan fingerprint density at radius 2 is 1.86 bits per heavy atom. The number of aryl methyl sites for hydroxylation is 1. The lowest BCUT2D eigenvalue weighted by Gasteiger charge is -2.32. The highest BCUT2D eigenvalue weighted by molar-refractivity contribution is 5.96. The molecule has 1 heterocycles. The number of hydrogen-bond donors (Lipinski definition) is 3. The van der Waals surface area contributed by atoms with Crippen molar-refractivity contribution in [3.63, 3.8) is 0 Å². The maximum Gasteiger partial charge on any atom is 0.230 e. The highest BCUT2D eigenvalue weighted by Gasteiger charge is 2.34.